The van der Waals surface area contributed by atoms with E-state index in [0.29, 0.717) is 64.8 Å². The summed E-state index contributed by atoms with van der Waals surface area (Å²) in [5, 5.41) is 0. The van der Waals surface area contributed by atoms with E-state index in [1.54, 1.807) is 48.6 Å². The summed E-state index contributed by atoms with van der Waals surface area (Å²) in [5.74, 6) is 0.790. The van der Waals surface area contributed by atoms with Crippen molar-refractivity contribution in [1.82, 2.24) is 19.2 Å². The number of carbonyl (C=O) groups excluding carboxylic acids is 2. The van der Waals surface area contributed by atoms with Gasteiger partial charge in [0, 0.05) is 32.4 Å². The maximum atomic E-state index is 13.7. The summed E-state index contributed by atoms with van der Waals surface area (Å²) in [4.78, 5) is 49.4. The molecule has 0 aliphatic carbocycles. The van der Waals surface area contributed by atoms with Gasteiger partial charge in [-0.2, -0.15) is 0 Å². The van der Waals surface area contributed by atoms with E-state index in [9.17, 15) is 14.4 Å². The SMILES string of the molecule is CCOC(=O)N1CCN(c2nc3c(C)cccn3c(=O)c2/C=C2/SC(=S)N(Cc3ccco3)C2=O)CC1. The lowest BCUT2D eigenvalue weighted by Gasteiger charge is -2.35. The van der Waals surface area contributed by atoms with Crippen LogP contribution in [0, 0.1) is 6.92 Å². The molecule has 0 aromatic carbocycles. The molecular weight excluding hydrogens is 514 g/mol. The Balaban J connectivity index is 1.52. The number of hydrogen-bond donors (Lipinski definition) is 0. The molecule has 2 saturated heterocycles. The molecule has 12 heteroatoms. The Morgan fingerprint density at radius 1 is 1.22 bits per heavy atom. The van der Waals surface area contributed by atoms with Gasteiger partial charge in [0.1, 0.15) is 21.5 Å². The first-order valence-electron chi connectivity index (χ1n) is 11.8. The largest absolute Gasteiger partial charge is 0.467 e. The molecule has 10 nitrogen and oxygen atoms in total. The fourth-order valence-corrected chi connectivity index (χ4v) is 5.55. The van der Waals surface area contributed by atoms with Gasteiger partial charge in [-0.15, -0.1) is 0 Å². The molecule has 0 spiro atoms. The van der Waals surface area contributed by atoms with Gasteiger partial charge in [-0.3, -0.25) is 18.9 Å². The second-order valence-electron chi connectivity index (χ2n) is 8.56. The lowest BCUT2D eigenvalue weighted by atomic mass is 10.2. The molecule has 0 unspecified atom stereocenters. The first-order valence-corrected chi connectivity index (χ1v) is 13.1. The van der Waals surface area contributed by atoms with Gasteiger partial charge in [0.05, 0.1) is 29.9 Å². The molecule has 2 aliphatic rings. The van der Waals surface area contributed by atoms with E-state index in [1.807, 2.05) is 17.9 Å². The van der Waals surface area contributed by atoms with Crippen molar-refractivity contribution in [2.75, 3.05) is 37.7 Å². The van der Waals surface area contributed by atoms with Crippen LogP contribution in [0.15, 0.2) is 50.8 Å². The number of fused-ring (bicyclic) bond motifs is 1. The van der Waals surface area contributed by atoms with Gasteiger partial charge in [-0.1, -0.05) is 30.0 Å². The Bertz CT molecular complexity index is 1460. The number of thioether (sulfide) groups is 1. The number of hydrogen-bond acceptors (Lipinski definition) is 9. The fraction of sp³-hybridized carbons (Fsp3) is 0.320. The highest BCUT2D eigenvalue weighted by Crippen LogP contribution is 2.34. The van der Waals surface area contributed by atoms with Crippen LogP contribution in [0.25, 0.3) is 11.7 Å². The summed E-state index contributed by atoms with van der Waals surface area (Å²) in [7, 11) is 0. The second-order valence-corrected chi connectivity index (χ2v) is 10.2. The number of amides is 2. The molecule has 2 fully saturated rings. The fourth-order valence-electron chi connectivity index (χ4n) is 4.31. The summed E-state index contributed by atoms with van der Waals surface area (Å²) >= 11 is 6.60. The van der Waals surface area contributed by atoms with Crippen LogP contribution < -0.4 is 10.5 Å². The molecule has 2 aliphatic heterocycles. The number of furan rings is 1. The molecule has 3 aromatic heterocycles. The average Bonchev–Trinajstić information content (AvgIpc) is 3.50. The van der Waals surface area contributed by atoms with Crippen molar-refractivity contribution in [3.63, 3.8) is 0 Å². The lowest BCUT2D eigenvalue weighted by Crippen LogP contribution is -2.49. The summed E-state index contributed by atoms with van der Waals surface area (Å²) in [5.41, 5.74) is 1.40. The molecule has 0 atom stereocenters. The van der Waals surface area contributed by atoms with E-state index in [-0.39, 0.29) is 24.1 Å². The molecule has 0 radical (unpaired) electrons. The van der Waals surface area contributed by atoms with Crippen LogP contribution in [0.4, 0.5) is 10.6 Å². The van der Waals surface area contributed by atoms with Crippen molar-refractivity contribution in [2.24, 2.45) is 0 Å². The number of anilines is 1. The van der Waals surface area contributed by atoms with Gasteiger partial charge in [0.15, 0.2) is 0 Å². The number of pyridine rings is 1. The van der Waals surface area contributed by atoms with Gasteiger partial charge in [-0.25, -0.2) is 9.78 Å². The van der Waals surface area contributed by atoms with Gasteiger partial charge >= 0.3 is 6.09 Å². The number of thiocarbonyl (C=S) groups is 1. The third-order valence-corrected chi connectivity index (χ3v) is 7.59. The number of piperazine rings is 1. The minimum absolute atomic E-state index is 0.214. The first-order chi connectivity index (χ1) is 17.9. The molecule has 37 heavy (non-hydrogen) atoms. The van der Waals surface area contributed by atoms with Crippen LogP contribution in [-0.2, 0) is 16.1 Å². The molecule has 0 saturated carbocycles. The summed E-state index contributed by atoms with van der Waals surface area (Å²) in [6.07, 6.45) is 4.43. The van der Waals surface area contributed by atoms with Crippen LogP contribution in [0.5, 0.6) is 0 Å². The van der Waals surface area contributed by atoms with Crippen molar-refractivity contribution in [3.05, 3.63) is 68.9 Å². The number of nitrogens with zero attached hydrogens (tertiary/aromatic N) is 5. The Hall–Kier alpha value is -3.64. The number of aryl methyl sites for hydroxylation is 1. The number of aromatic nitrogens is 2. The highest BCUT2D eigenvalue weighted by molar-refractivity contribution is 8.26. The van der Waals surface area contributed by atoms with E-state index >= 15 is 0 Å². The summed E-state index contributed by atoms with van der Waals surface area (Å²) in [6, 6.07) is 7.21. The minimum atomic E-state index is -0.356. The highest BCUT2D eigenvalue weighted by Gasteiger charge is 2.34. The van der Waals surface area contributed by atoms with Crippen molar-refractivity contribution >= 4 is 57.8 Å². The van der Waals surface area contributed by atoms with Crippen LogP contribution in [0.2, 0.25) is 0 Å². The summed E-state index contributed by atoms with van der Waals surface area (Å²) < 4.78 is 12.4. The maximum Gasteiger partial charge on any atom is 0.409 e. The summed E-state index contributed by atoms with van der Waals surface area (Å²) in [6.45, 7) is 5.98. The molecule has 5 heterocycles. The molecule has 192 valence electrons. The standard InChI is InChI=1S/C25H25N5O5S2/c1-3-34-24(33)28-11-9-27(10-12-28)21-18(22(31)29-8-4-6-16(2)20(29)26-21)14-19-23(32)30(25(36)37-19)15-17-7-5-13-35-17/h4-8,13-14H,3,9-12,15H2,1-2H3/b19-14+. The zero-order valence-electron chi connectivity index (χ0n) is 20.4. The van der Waals surface area contributed by atoms with Gasteiger partial charge in [0.25, 0.3) is 11.5 Å². The Morgan fingerprint density at radius 3 is 2.70 bits per heavy atom. The normalized spacial score (nSPS) is 17.4. The Kier molecular flexibility index (Phi) is 7.02. The Labute approximate surface area is 222 Å². The minimum Gasteiger partial charge on any atom is -0.467 e. The third-order valence-electron chi connectivity index (χ3n) is 6.21. The molecular formula is C25H25N5O5S2. The number of rotatable bonds is 5. The van der Waals surface area contributed by atoms with Crippen molar-refractivity contribution in [3.8, 4) is 0 Å². The van der Waals surface area contributed by atoms with Crippen LogP contribution >= 0.6 is 24.0 Å². The van der Waals surface area contributed by atoms with Gasteiger partial charge < -0.3 is 19.0 Å². The van der Waals surface area contributed by atoms with E-state index < -0.39 is 0 Å². The second kappa shape index (κ2) is 10.4. The monoisotopic (exact) mass is 539 g/mol. The van der Waals surface area contributed by atoms with Crippen molar-refractivity contribution in [1.29, 1.82) is 0 Å². The zero-order chi connectivity index (χ0) is 26.1. The topological polar surface area (TPSA) is 101 Å². The first kappa shape index (κ1) is 25.0. The predicted octanol–water partition coefficient (Wildman–Crippen LogP) is 3.28. The molecule has 5 rings (SSSR count). The van der Waals surface area contributed by atoms with E-state index in [2.05, 4.69) is 0 Å². The van der Waals surface area contributed by atoms with Crippen LogP contribution in [0.1, 0.15) is 23.8 Å². The molecule has 0 N–H and O–H groups in total. The zero-order valence-corrected chi connectivity index (χ0v) is 22.0. The van der Waals surface area contributed by atoms with E-state index in [1.165, 1.54) is 9.30 Å². The van der Waals surface area contributed by atoms with Crippen LogP contribution in [0.3, 0.4) is 0 Å². The van der Waals surface area contributed by atoms with Gasteiger partial charge in [0.2, 0.25) is 0 Å². The van der Waals surface area contributed by atoms with Crippen molar-refractivity contribution in [2.45, 2.75) is 20.4 Å². The highest BCUT2D eigenvalue weighted by atomic mass is 32.2. The van der Waals surface area contributed by atoms with Crippen LogP contribution in [-0.4, -0.2) is 68.3 Å². The molecule has 0 bridgehead atoms. The van der Waals surface area contributed by atoms with Gasteiger partial charge in [-0.05, 0) is 43.7 Å². The number of carbonyl (C=O) groups is 2. The van der Waals surface area contributed by atoms with E-state index in [4.69, 9.17) is 26.4 Å². The average molecular weight is 540 g/mol. The predicted molar refractivity (Wildman–Crippen MR) is 144 cm³/mol. The Morgan fingerprint density at radius 2 is 2.00 bits per heavy atom. The quantitative estimate of drug-likeness (QED) is 0.357. The smallest absolute Gasteiger partial charge is 0.409 e. The maximum absolute atomic E-state index is 13.7. The lowest BCUT2D eigenvalue weighted by molar-refractivity contribution is -0.122. The number of ether oxygens (including phenoxy) is 1. The molecule has 2 amide bonds. The third kappa shape index (κ3) is 4.86. The molecule has 3 aromatic rings. The van der Waals surface area contributed by atoms with E-state index in [0.717, 1.165) is 17.3 Å². The van der Waals surface area contributed by atoms with Crippen molar-refractivity contribution < 1.29 is 18.7 Å².